The average Bonchev–Trinajstić information content (AvgIpc) is 2.52. The van der Waals surface area contributed by atoms with Crippen molar-refractivity contribution < 1.29 is 22.7 Å². The van der Waals surface area contributed by atoms with Crippen LogP contribution in [0, 0.1) is 0 Å². The Labute approximate surface area is 148 Å². The summed E-state index contributed by atoms with van der Waals surface area (Å²) < 4.78 is 38.2. The van der Waals surface area contributed by atoms with Gasteiger partial charge in [-0.1, -0.05) is 12.1 Å². The van der Waals surface area contributed by atoms with Crippen molar-refractivity contribution in [2.75, 3.05) is 38.2 Å². The molecule has 140 valence electrons. The van der Waals surface area contributed by atoms with Crippen molar-refractivity contribution >= 4 is 22.0 Å². The van der Waals surface area contributed by atoms with E-state index in [2.05, 4.69) is 4.90 Å². The minimum Gasteiger partial charge on any atom is -0.495 e. The van der Waals surface area contributed by atoms with Gasteiger partial charge in [0.2, 0.25) is 0 Å². The van der Waals surface area contributed by atoms with E-state index in [4.69, 9.17) is 9.47 Å². The Bertz CT molecular complexity index is 707. The number of methoxy groups -OCH3 is 1. The molecule has 1 amide bonds. The van der Waals surface area contributed by atoms with Crippen molar-refractivity contribution in [3.63, 3.8) is 0 Å². The molecular formula is C16H25N3O5S. The van der Waals surface area contributed by atoms with Crippen molar-refractivity contribution in [1.29, 1.82) is 0 Å². The van der Waals surface area contributed by atoms with Crippen LogP contribution in [0.1, 0.15) is 20.8 Å². The largest absolute Gasteiger partial charge is 0.495 e. The highest BCUT2D eigenvalue weighted by Gasteiger charge is 2.30. The molecule has 0 atom stereocenters. The molecule has 1 aliphatic rings. The molecule has 1 N–H and O–H groups in total. The predicted molar refractivity (Wildman–Crippen MR) is 95.1 cm³/mol. The van der Waals surface area contributed by atoms with E-state index >= 15 is 0 Å². The summed E-state index contributed by atoms with van der Waals surface area (Å²) in [5.41, 5.74) is 0.157. The van der Waals surface area contributed by atoms with Crippen molar-refractivity contribution in [1.82, 2.24) is 9.03 Å². The Morgan fingerprint density at radius 3 is 2.28 bits per heavy atom. The van der Waals surface area contributed by atoms with Crippen molar-refractivity contribution in [3.05, 3.63) is 24.3 Å². The maximum Gasteiger partial charge on any atom is 0.422 e. The second-order valence-corrected chi connectivity index (χ2v) is 8.34. The van der Waals surface area contributed by atoms with Crippen molar-refractivity contribution in [3.8, 4) is 5.75 Å². The fraction of sp³-hybridized carbons (Fsp3) is 0.562. The monoisotopic (exact) mass is 371 g/mol. The molecule has 2 rings (SSSR count). The van der Waals surface area contributed by atoms with Gasteiger partial charge in [-0.15, -0.1) is 0 Å². The van der Waals surface area contributed by atoms with Crippen LogP contribution in [0.2, 0.25) is 0 Å². The van der Waals surface area contributed by atoms with Crippen LogP contribution in [0.25, 0.3) is 0 Å². The molecule has 0 bridgehead atoms. The van der Waals surface area contributed by atoms with Gasteiger partial charge in [0, 0.05) is 26.2 Å². The molecule has 9 heteroatoms. The summed E-state index contributed by atoms with van der Waals surface area (Å²) in [6.07, 6.45) is -0.973. The number of anilines is 1. The number of carbonyl (C=O) groups excluding carboxylic acids is 1. The van der Waals surface area contributed by atoms with Gasteiger partial charge < -0.3 is 14.4 Å². The Morgan fingerprint density at radius 2 is 1.72 bits per heavy atom. The number of nitrogens with zero attached hydrogens (tertiary/aromatic N) is 2. The second kappa shape index (κ2) is 7.49. The first-order valence-electron chi connectivity index (χ1n) is 8.01. The molecular weight excluding hydrogens is 346 g/mol. The van der Waals surface area contributed by atoms with E-state index in [0.717, 1.165) is 11.4 Å². The van der Waals surface area contributed by atoms with Crippen LogP contribution in [0.3, 0.4) is 0 Å². The van der Waals surface area contributed by atoms with Crippen LogP contribution in [0.4, 0.5) is 10.5 Å². The number of hydrogen-bond donors (Lipinski definition) is 1. The summed E-state index contributed by atoms with van der Waals surface area (Å²) in [6, 6.07) is 7.59. The van der Waals surface area contributed by atoms with Crippen LogP contribution in [-0.4, -0.2) is 57.7 Å². The first-order valence-corrected chi connectivity index (χ1v) is 9.45. The van der Waals surface area contributed by atoms with Gasteiger partial charge in [-0.2, -0.15) is 12.7 Å². The third-order valence-corrected chi connectivity index (χ3v) is 5.09. The van der Waals surface area contributed by atoms with Gasteiger partial charge in [-0.05, 0) is 32.9 Å². The molecule has 0 unspecified atom stereocenters. The van der Waals surface area contributed by atoms with Gasteiger partial charge in [0.1, 0.15) is 11.4 Å². The van der Waals surface area contributed by atoms with Crippen LogP contribution < -0.4 is 14.4 Å². The molecule has 0 saturated carbocycles. The summed E-state index contributed by atoms with van der Waals surface area (Å²) in [4.78, 5) is 13.8. The quantitative estimate of drug-likeness (QED) is 0.865. The summed E-state index contributed by atoms with van der Waals surface area (Å²) in [5.74, 6) is 0.741. The zero-order valence-electron chi connectivity index (χ0n) is 15.0. The molecule has 1 fully saturated rings. The zero-order valence-corrected chi connectivity index (χ0v) is 15.8. The van der Waals surface area contributed by atoms with Gasteiger partial charge in [0.15, 0.2) is 0 Å². The number of piperazine rings is 1. The van der Waals surface area contributed by atoms with E-state index in [0.29, 0.717) is 13.1 Å². The summed E-state index contributed by atoms with van der Waals surface area (Å²) in [6.45, 7) is 6.53. The van der Waals surface area contributed by atoms with Crippen LogP contribution in [-0.2, 0) is 14.9 Å². The highest BCUT2D eigenvalue weighted by Crippen LogP contribution is 2.28. The minimum atomic E-state index is -3.93. The third-order valence-electron chi connectivity index (χ3n) is 3.62. The predicted octanol–water partition coefficient (Wildman–Crippen LogP) is 1.59. The van der Waals surface area contributed by atoms with Gasteiger partial charge in [-0.3, -0.25) is 0 Å². The topological polar surface area (TPSA) is 88.2 Å². The molecule has 0 aliphatic carbocycles. The van der Waals surface area contributed by atoms with E-state index in [9.17, 15) is 13.2 Å². The summed E-state index contributed by atoms with van der Waals surface area (Å²) in [5, 5.41) is 0. The summed E-state index contributed by atoms with van der Waals surface area (Å²) >= 11 is 0. The van der Waals surface area contributed by atoms with Gasteiger partial charge in [0.25, 0.3) is 0 Å². The molecule has 1 aromatic carbocycles. The fourth-order valence-corrected chi connectivity index (χ4v) is 3.55. The number of para-hydroxylation sites is 2. The maximum absolute atomic E-state index is 12.3. The first-order chi connectivity index (χ1) is 11.6. The number of hydrogen-bond acceptors (Lipinski definition) is 6. The van der Waals surface area contributed by atoms with Gasteiger partial charge in [0.05, 0.1) is 12.8 Å². The molecule has 1 aliphatic heterocycles. The lowest BCUT2D eigenvalue weighted by Crippen LogP contribution is -2.53. The Balaban J connectivity index is 1.98. The number of carbonyl (C=O) groups is 1. The molecule has 25 heavy (non-hydrogen) atoms. The van der Waals surface area contributed by atoms with Crippen molar-refractivity contribution in [2.24, 2.45) is 0 Å². The Hall–Kier alpha value is -2.00. The van der Waals surface area contributed by atoms with Crippen LogP contribution in [0.5, 0.6) is 5.75 Å². The molecule has 0 spiro atoms. The van der Waals surface area contributed by atoms with E-state index in [1.165, 1.54) is 4.31 Å². The lowest BCUT2D eigenvalue weighted by Gasteiger charge is -2.35. The Kier molecular flexibility index (Phi) is 5.79. The standard InChI is InChI=1S/C16H25N3O5S/c1-16(2,3)24-15(20)17-25(21,22)19-11-9-18(10-12-19)13-7-5-6-8-14(13)23-4/h5-8H,9-12H2,1-4H3,(H,17,20). The molecule has 0 radical (unpaired) electrons. The summed E-state index contributed by atoms with van der Waals surface area (Å²) in [7, 11) is -2.32. The molecule has 1 heterocycles. The normalized spacial score (nSPS) is 16.4. The molecule has 0 aromatic heterocycles. The maximum atomic E-state index is 12.3. The van der Waals surface area contributed by atoms with Crippen molar-refractivity contribution in [2.45, 2.75) is 26.4 Å². The average molecular weight is 371 g/mol. The number of ether oxygens (including phenoxy) is 2. The zero-order chi connectivity index (χ0) is 18.7. The molecule has 1 saturated heterocycles. The van der Waals surface area contributed by atoms with Gasteiger partial charge in [-0.25, -0.2) is 9.52 Å². The highest BCUT2D eigenvalue weighted by molar-refractivity contribution is 7.87. The van der Waals surface area contributed by atoms with Gasteiger partial charge >= 0.3 is 16.3 Å². The highest BCUT2D eigenvalue weighted by atomic mass is 32.2. The second-order valence-electron chi connectivity index (χ2n) is 6.67. The number of nitrogens with one attached hydrogen (secondary N) is 1. The van der Waals surface area contributed by atoms with E-state index in [-0.39, 0.29) is 13.1 Å². The molecule has 1 aromatic rings. The minimum absolute atomic E-state index is 0.260. The van der Waals surface area contributed by atoms with E-state index < -0.39 is 21.9 Å². The first kappa shape index (κ1) is 19.3. The fourth-order valence-electron chi connectivity index (χ4n) is 2.53. The Morgan fingerprint density at radius 1 is 1.12 bits per heavy atom. The third kappa shape index (κ3) is 5.23. The SMILES string of the molecule is COc1ccccc1N1CCN(S(=O)(=O)NC(=O)OC(C)(C)C)CC1. The lowest BCUT2D eigenvalue weighted by molar-refractivity contribution is 0.0567. The number of benzene rings is 1. The number of amides is 1. The number of rotatable bonds is 4. The lowest BCUT2D eigenvalue weighted by atomic mass is 10.2. The van der Waals surface area contributed by atoms with Crippen LogP contribution >= 0.6 is 0 Å². The van der Waals surface area contributed by atoms with E-state index in [1.807, 2.05) is 29.0 Å². The molecule has 8 nitrogen and oxygen atoms in total. The van der Waals surface area contributed by atoms with Crippen LogP contribution in [0.15, 0.2) is 24.3 Å². The van der Waals surface area contributed by atoms with E-state index in [1.54, 1.807) is 27.9 Å². The smallest absolute Gasteiger partial charge is 0.422 e.